The fourth-order valence-corrected chi connectivity index (χ4v) is 3.90. The summed E-state index contributed by atoms with van der Waals surface area (Å²) in [5.74, 6) is 0.537. The lowest BCUT2D eigenvalue weighted by Gasteiger charge is -2.24. The number of thioether (sulfide) groups is 1. The standard InChI is InChI=1S/C18H19FN2OS/c1-12-7-8-14(11-13(12)2)20-18(22)21-9-10-23-17(21)15-5-3-4-6-16(15)19/h3-8,11,17H,9-10H2,1-2H3,(H,20,22)/t17-/m1/s1. The van der Waals surface area contributed by atoms with E-state index in [0.29, 0.717) is 12.1 Å². The van der Waals surface area contributed by atoms with Gasteiger partial charge in [-0.15, -0.1) is 11.8 Å². The fraction of sp³-hybridized carbons (Fsp3) is 0.278. The third-order valence-corrected chi connectivity index (χ3v) is 5.32. The van der Waals surface area contributed by atoms with Crippen molar-refractivity contribution in [1.29, 1.82) is 0 Å². The quantitative estimate of drug-likeness (QED) is 0.864. The van der Waals surface area contributed by atoms with Crippen LogP contribution in [0.15, 0.2) is 42.5 Å². The Bertz CT molecular complexity index is 735. The molecule has 1 aliphatic heterocycles. The van der Waals surface area contributed by atoms with Crippen molar-refractivity contribution in [1.82, 2.24) is 4.90 Å². The maximum atomic E-state index is 14.0. The molecule has 1 fully saturated rings. The normalized spacial score (nSPS) is 17.3. The number of nitrogens with zero attached hydrogens (tertiary/aromatic N) is 1. The summed E-state index contributed by atoms with van der Waals surface area (Å²) in [4.78, 5) is 14.3. The predicted octanol–water partition coefficient (Wildman–Crippen LogP) is 4.72. The maximum absolute atomic E-state index is 14.0. The summed E-state index contributed by atoms with van der Waals surface area (Å²) in [6.45, 7) is 4.66. The third kappa shape index (κ3) is 3.34. The third-order valence-electron chi connectivity index (χ3n) is 4.08. The van der Waals surface area contributed by atoms with E-state index < -0.39 is 0 Å². The first-order chi connectivity index (χ1) is 11.1. The van der Waals surface area contributed by atoms with Gasteiger partial charge in [0.2, 0.25) is 0 Å². The minimum Gasteiger partial charge on any atom is -0.308 e. The molecule has 120 valence electrons. The molecule has 0 bridgehead atoms. The van der Waals surface area contributed by atoms with Crippen molar-refractivity contribution < 1.29 is 9.18 Å². The van der Waals surface area contributed by atoms with Gasteiger partial charge in [-0.3, -0.25) is 0 Å². The van der Waals surface area contributed by atoms with Crippen LogP contribution >= 0.6 is 11.8 Å². The highest BCUT2D eigenvalue weighted by Gasteiger charge is 2.32. The zero-order valence-electron chi connectivity index (χ0n) is 13.2. The number of benzene rings is 2. The van der Waals surface area contributed by atoms with Crippen LogP contribution in [-0.2, 0) is 0 Å². The van der Waals surface area contributed by atoms with Gasteiger partial charge in [0, 0.05) is 23.5 Å². The Kier molecular flexibility index (Phi) is 4.57. The molecular formula is C18H19FN2OS. The Morgan fingerprint density at radius 2 is 2.00 bits per heavy atom. The Morgan fingerprint density at radius 1 is 1.22 bits per heavy atom. The first-order valence-corrected chi connectivity index (χ1v) is 8.62. The molecule has 23 heavy (non-hydrogen) atoms. The van der Waals surface area contributed by atoms with Gasteiger partial charge in [-0.2, -0.15) is 0 Å². The van der Waals surface area contributed by atoms with Gasteiger partial charge < -0.3 is 10.2 Å². The van der Waals surface area contributed by atoms with Crippen molar-refractivity contribution in [3.05, 3.63) is 65.0 Å². The number of rotatable bonds is 2. The van der Waals surface area contributed by atoms with Crippen LogP contribution in [0.5, 0.6) is 0 Å². The molecule has 0 aromatic heterocycles. The van der Waals surface area contributed by atoms with E-state index in [1.165, 1.54) is 11.6 Å². The molecule has 0 spiro atoms. The average Bonchev–Trinajstić information content (AvgIpc) is 3.01. The highest BCUT2D eigenvalue weighted by Crippen LogP contribution is 2.39. The first kappa shape index (κ1) is 15.9. The summed E-state index contributed by atoms with van der Waals surface area (Å²) in [6.07, 6.45) is 0. The lowest BCUT2D eigenvalue weighted by molar-refractivity contribution is 0.213. The number of aryl methyl sites for hydroxylation is 2. The number of carbonyl (C=O) groups is 1. The van der Waals surface area contributed by atoms with Crippen LogP contribution in [0.1, 0.15) is 22.1 Å². The van der Waals surface area contributed by atoms with Crippen molar-refractivity contribution >= 4 is 23.5 Å². The summed E-state index contributed by atoms with van der Waals surface area (Å²) in [7, 11) is 0. The molecule has 2 aromatic rings. The summed E-state index contributed by atoms with van der Waals surface area (Å²) >= 11 is 1.59. The molecule has 5 heteroatoms. The minimum atomic E-state index is -0.275. The van der Waals surface area contributed by atoms with E-state index in [0.717, 1.165) is 17.0 Å². The summed E-state index contributed by atoms with van der Waals surface area (Å²) in [5, 5.41) is 2.65. The fourth-order valence-electron chi connectivity index (χ4n) is 2.63. The van der Waals surface area contributed by atoms with Crippen molar-refractivity contribution in [3.63, 3.8) is 0 Å². The van der Waals surface area contributed by atoms with Crippen molar-refractivity contribution in [2.24, 2.45) is 0 Å². The largest absolute Gasteiger partial charge is 0.323 e. The van der Waals surface area contributed by atoms with Gasteiger partial charge in [-0.05, 0) is 43.2 Å². The van der Waals surface area contributed by atoms with Crippen LogP contribution in [0.4, 0.5) is 14.9 Å². The maximum Gasteiger partial charge on any atom is 0.323 e. The molecule has 1 atom stereocenters. The molecular weight excluding hydrogens is 311 g/mol. The molecule has 1 heterocycles. The van der Waals surface area contributed by atoms with E-state index in [1.807, 2.05) is 32.0 Å². The topological polar surface area (TPSA) is 32.3 Å². The summed E-state index contributed by atoms with van der Waals surface area (Å²) < 4.78 is 14.0. The number of hydrogen-bond acceptors (Lipinski definition) is 2. The molecule has 0 radical (unpaired) electrons. The SMILES string of the molecule is Cc1ccc(NC(=O)N2CCS[C@@H]2c2ccccc2F)cc1C. The van der Waals surface area contributed by atoms with Crippen LogP contribution < -0.4 is 5.32 Å². The number of nitrogens with one attached hydrogen (secondary N) is 1. The number of urea groups is 1. The van der Waals surface area contributed by atoms with E-state index in [1.54, 1.807) is 34.9 Å². The van der Waals surface area contributed by atoms with E-state index >= 15 is 0 Å². The summed E-state index contributed by atoms with van der Waals surface area (Å²) in [5.41, 5.74) is 3.64. The smallest absolute Gasteiger partial charge is 0.308 e. The minimum absolute atomic E-state index is 0.188. The molecule has 0 aliphatic carbocycles. The van der Waals surface area contributed by atoms with Gasteiger partial charge in [0.1, 0.15) is 11.2 Å². The Morgan fingerprint density at radius 3 is 2.74 bits per heavy atom. The van der Waals surface area contributed by atoms with E-state index in [9.17, 15) is 9.18 Å². The van der Waals surface area contributed by atoms with E-state index in [4.69, 9.17) is 0 Å². The zero-order valence-corrected chi connectivity index (χ0v) is 14.0. The van der Waals surface area contributed by atoms with Crippen molar-refractivity contribution in [2.75, 3.05) is 17.6 Å². The molecule has 2 amide bonds. The predicted molar refractivity (Wildman–Crippen MR) is 93.2 cm³/mol. The van der Waals surface area contributed by atoms with E-state index in [-0.39, 0.29) is 17.2 Å². The molecule has 1 aliphatic rings. The van der Waals surface area contributed by atoms with Crippen molar-refractivity contribution in [2.45, 2.75) is 19.2 Å². The second-order valence-electron chi connectivity index (χ2n) is 5.67. The molecule has 1 saturated heterocycles. The highest BCUT2D eigenvalue weighted by atomic mass is 32.2. The number of anilines is 1. The van der Waals surface area contributed by atoms with Gasteiger partial charge in [-0.1, -0.05) is 24.3 Å². The van der Waals surface area contributed by atoms with Crippen LogP contribution in [0, 0.1) is 19.7 Å². The molecule has 3 nitrogen and oxygen atoms in total. The Hall–Kier alpha value is -2.01. The monoisotopic (exact) mass is 330 g/mol. The Labute approximate surface area is 139 Å². The van der Waals surface area contributed by atoms with Crippen LogP contribution in [0.3, 0.4) is 0 Å². The summed E-state index contributed by atoms with van der Waals surface area (Å²) in [6, 6.07) is 12.3. The lowest BCUT2D eigenvalue weighted by atomic mass is 10.1. The van der Waals surface area contributed by atoms with Crippen LogP contribution in [0.2, 0.25) is 0 Å². The zero-order chi connectivity index (χ0) is 16.4. The number of carbonyl (C=O) groups excluding carboxylic acids is 1. The van der Waals surface area contributed by atoms with Crippen molar-refractivity contribution in [3.8, 4) is 0 Å². The van der Waals surface area contributed by atoms with Gasteiger partial charge in [-0.25, -0.2) is 9.18 Å². The average molecular weight is 330 g/mol. The van der Waals surface area contributed by atoms with Gasteiger partial charge in [0.15, 0.2) is 0 Å². The molecule has 0 saturated carbocycles. The van der Waals surface area contributed by atoms with E-state index in [2.05, 4.69) is 5.32 Å². The Balaban J connectivity index is 1.78. The van der Waals surface area contributed by atoms with Gasteiger partial charge in [0.05, 0.1) is 0 Å². The second kappa shape index (κ2) is 6.62. The van der Waals surface area contributed by atoms with Crippen LogP contribution in [0.25, 0.3) is 0 Å². The highest BCUT2D eigenvalue weighted by molar-refractivity contribution is 7.99. The first-order valence-electron chi connectivity index (χ1n) is 7.57. The molecule has 0 unspecified atom stereocenters. The number of amides is 2. The number of hydrogen-bond donors (Lipinski definition) is 1. The molecule has 1 N–H and O–H groups in total. The number of halogens is 1. The van der Waals surface area contributed by atoms with Gasteiger partial charge in [0.25, 0.3) is 0 Å². The molecule has 3 rings (SSSR count). The molecule has 2 aromatic carbocycles. The van der Waals surface area contributed by atoms with Crippen LogP contribution in [-0.4, -0.2) is 23.2 Å². The van der Waals surface area contributed by atoms with Gasteiger partial charge >= 0.3 is 6.03 Å². The second-order valence-corrected chi connectivity index (χ2v) is 6.86. The lowest BCUT2D eigenvalue weighted by Crippen LogP contribution is -2.34.